The molecule has 4 nitrogen and oxygen atoms in total. The van der Waals surface area contributed by atoms with E-state index in [4.69, 9.17) is 17.3 Å². The largest absolute Gasteiger partial charge is 0.329 e. The van der Waals surface area contributed by atoms with Crippen LogP contribution in [-0.4, -0.2) is 31.1 Å². The van der Waals surface area contributed by atoms with E-state index in [0.29, 0.717) is 24.5 Å². The zero-order valence-electron chi connectivity index (χ0n) is 9.34. The minimum Gasteiger partial charge on any atom is -0.329 e. The average molecular weight is 275 g/mol. The Kier molecular flexibility index (Phi) is 3.73. The molecule has 0 spiro atoms. The number of nitrogens with two attached hydrogens (primary N) is 1. The second-order valence-electron chi connectivity index (χ2n) is 4.15. The Hall–Kier alpha value is -0.620. The van der Waals surface area contributed by atoms with Gasteiger partial charge in [-0.3, -0.25) is 0 Å². The van der Waals surface area contributed by atoms with Crippen LogP contribution in [0.5, 0.6) is 0 Å². The van der Waals surface area contributed by atoms with Crippen molar-refractivity contribution in [2.24, 2.45) is 5.73 Å². The fourth-order valence-electron chi connectivity index (χ4n) is 2.02. The van der Waals surface area contributed by atoms with E-state index in [2.05, 4.69) is 0 Å². The van der Waals surface area contributed by atoms with E-state index in [-0.39, 0.29) is 6.54 Å². The summed E-state index contributed by atoms with van der Waals surface area (Å²) in [6.45, 7) is 1.10. The lowest BCUT2D eigenvalue weighted by Gasteiger charge is -2.16. The molecule has 2 N–H and O–H groups in total. The number of hydrogen-bond donors (Lipinski definition) is 1. The molecular formula is C11H15ClN2O2S. The quantitative estimate of drug-likeness (QED) is 0.901. The molecule has 2 rings (SSSR count). The normalized spacial score (nSPS) is 24.0. The van der Waals surface area contributed by atoms with E-state index in [9.17, 15) is 8.42 Å². The Balaban J connectivity index is 2.16. The van der Waals surface area contributed by atoms with E-state index >= 15 is 0 Å². The van der Waals surface area contributed by atoms with Crippen LogP contribution in [-0.2, 0) is 16.6 Å². The van der Waals surface area contributed by atoms with Gasteiger partial charge in [0.15, 0.2) is 0 Å². The molecular weight excluding hydrogens is 260 g/mol. The molecule has 17 heavy (non-hydrogen) atoms. The standard InChI is InChI=1S/C11H15ClN2O2S/c12-10-3-1-2-9(6-10)8-14-5-4-11(7-13)17(14,15)16/h1-3,6,11H,4-5,7-8,13H2/t11-/m1/s1. The molecule has 1 aromatic carbocycles. The van der Waals surface area contributed by atoms with Crippen LogP contribution in [0.3, 0.4) is 0 Å². The van der Waals surface area contributed by atoms with Crippen molar-refractivity contribution in [1.29, 1.82) is 0 Å². The summed E-state index contributed by atoms with van der Waals surface area (Å²) in [5, 5.41) is 0.191. The SMILES string of the molecule is NC[C@H]1CCN(Cc2cccc(Cl)c2)S1(=O)=O. The maximum atomic E-state index is 12.0. The van der Waals surface area contributed by atoms with Gasteiger partial charge in [-0.2, -0.15) is 4.31 Å². The first-order valence-electron chi connectivity index (χ1n) is 5.47. The van der Waals surface area contributed by atoms with Gasteiger partial charge in [0, 0.05) is 24.7 Å². The Labute approximate surface area is 106 Å². The summed E-state index contributed by atoms with van der Waals surface area (Å²) in [4.78, 5) is 0. The molecule has 1 atom stereocenters. The van der Waals surface area contributed by atoms with Gasteiger partial charge in [-0.05, 0) is 24.1 Å². The molecule has 1 heterocycles. The highest BCUT2D eigenvalue weighted by molar-refractivity contribution is 7.90. The van der Waals surface area contributed by atoms with Crippen molar-refractivity contribution in [2.45, 2.75) is 18.2 Å². The number of hydrogen-bond acceptors (Lipinski definition) is 3. The summed E-state index contributed by atoms with van der Waals surface area (Å²) in [5.74, 6) is 0. The van der Waals surface area contributed by atoms with Crippen molar-refractivity contribution >= 4 is 21.6 Å². The summed E-state index contributed by atoms with van der Waals surface area (Å²) >= 11 is 5.87. The second-order valence-corrected chi connectivity index (χ2v) is 6.80. The first-order chi connectivity index (χ1) is 8.04. The van der Waals surface area contributed by atoms with Gasteiger partial charge in [-0.25, -0.2) is 8.42 Å². The van der Waals surface area contributed by atoms with Crippen LogP contribution >= 0.6 is 11.6 Å². The van der Waals surface area contributed by atoms with Crippen LogP contribution in [0.2, 0.25) is 5.02 Å². The fourth-order valence-corrected chi connectivity index (χ4v) is 3.99. The summed E-state index contributed by atoms with van der Waals surface area (Å²) in [7, 11) is -3.22. The van der Waals surface area contributed by atoms with Crippen molar-refractivity contribution in [3.8, 4) is 0 Å². The maximum Gasteiger partial charge on any atom is 0.218 e. The molecule has 1 fully saturated rings. The summed E-state index contributed by atoms with van der Waals surface area (Å²) in [6.07, 6.45) is 0.611. The Morgan fingerprint density at radius 3 is 2.82 bits per heavy atom. The highest BCUT2D eigenvalue weighted by atomic mass is 35.5. The van der Waals surface area contributed by atoms with E-state index in [1.165, 1.54) is 4.31 Å². The average Bonchev–Trinajstić information content (AvgIpc) is 2.54. The summed E-state index contributed by atoms with van der Waals surface area (Å²) in [5.41, 5.74) is 6.36. The predicted octanol–water partition coefficient (Wildman–Crippen LogP) is 1.20. The minimum atomic E-state index is -3.22. The number of rotatable bonds is 3. The van der Waals surface area contributed by atoms with Crippen molar-refractivity contribution < 1.29 is 8.42 Å². The minimum absolute atomic E-state index is 0.189. The first kappa shape index (κ1) is 12.8. The molecule has 6 heteroatoms. The Morgan fingerprint density at radius 2 is 2.24 bits per heavy atom. The van der Waals surface area contributed by atoms with E-state index in [1.54, 1.807) is 12.1 Å². The lowest BCUT2D eigenvalue weighted by Crippen LogP contribution is -2.32. The number of sulfonamides is 1. The summed E-state index contributed by atoms with van der Waals surface area (Å²) in [6, 6.07) is 7.25. The van der Waals surface area contributed by atoms with Crippen molar-refractivity contribution in [3.63, 3.8) is 0 Å². The third kappa shape index (κ3) is 2.63. The third-order valence-corrected chi connectivity index (χ3v) is 5.53. The van der Waals surface area contributed by atoms with Gasteiger partial charge in [-0.1, -0.05) is 23.7 Å². The van der Waals surface area contributed by atoms with Gasteiger partial charge < -0.3 is 5.73 Å². The molecule has 0 unspecified atom stereocenters. The topological polar surface area (TPSA) is 63.4 Å². The van der Waals surface area contributed by atoms with Crippen LogP contribution in [0.1, 0.15) is 12.0 Å². The molecule has 0 aromatic heterocycles. The lowest BCUT2D eigenvalue weighted by molar-refractivity contribution is 0.440. The van der Waals surface area contributed by atoms with Gasteiger partial charge in [-0.15, -0.1) is 0 Å². The van der Waals surface area contributed by atoms with Crippen molar-refractivity contribution in [3.05, 3.63) is 34.9 Å². The van der Waals surface area contributed by atoms with Crippen LogP contribution in [0.25, 0.3) is 0 Å². The number of halogens is 1. The monoisotopic (exact) mass is 274 g/mol. The predicted molar refractivity (Wildman–Crippen MR) is 68.2 cm³/mol. The van der Waals surface area contributed by atoms with Crippen LogP contribution in [0.15, 0.2) is 24.3 Å². The zero-order chi connectivity index (χ0) is 12.5. The third-order valence-electron chi connectivity index (χ3n) is 2.99. The van der Waals surface area contributed by atoms with E-state index < -0.39 is 15.3 Å². The maximum absolute atomic E-state index is 12.0. The van der Waals surface area contributed by atoms with Crippen LogP contribution in [0, 0.1) is 0 Å². The molecule has 1 aliphatic heterocycles. The van der Waals surface area contributed by atoms with Crippen molar-refractivity contribution in [2.75, 3.05) is 13.1 Å². The number of benzene rings is 1. The zero-order valence-corrected chi connectivity index (χ0v) is 10.9. The van der Waals surface area contributed by atoms with Gasteiger partial charge in [0.1, 0.15) is 0 Å². The second kappa shape index (κ2) is 4.94. The first-order valence-corrected chi connectivity index (χ1v) is 7.35. The summed E-state index contributed by atoms with van der Waals surface area (Å²) < 4.78 is 25.5. The molecule has 1 aromatic rings. The van der Waals surface area contributed by atoms with Crippen LogP contribution in [0.4, 0.5) is 0 Å². The lowest BCUT2D eigenvalue weighted by atomic mass is 10.2. The Morgan fingerprint density at radius 1 is 1.47 bits per heavy atom. The molecule has 0 aliphatic carbocycles. The van der Waals surface area contributed by atoms with Gasteiger partial charge in [0.2, 0.25) is 10.0 Å². The van der Waals surface area contributed by atoms with Crippen molar-refractivity contribution in [1.82, 2.24) is 4.31 Å². The molecule has 94 valence electrons. The Bertz CT molecular complexity index is 504. The van der Waals surface area contributed by atoms with Gasteiger partial charge in [0.25, 0.3) is 0 Å². The molecule has 0 bridgehead atoms. The fraction of sp³-hybridized carbons (Fsp3) is 0.455. The molecule has 0 amide bonds. The molecule has 0 radical (unpaired) electrons. The molecule has 1 saturated heterocycles. The van der Waals surface area contributed by atoms with Gasteiger partial charge in [0.05, 0.1) is 5.25 Å². The number of nitrogens with zero attached hydrogens (tertiary/aromatic N) is 1. The molecule has 0 saturated carbocycles. The van der Waals surface area contributed by atoms with E-state index in [1.807, 2.05) is 12.1 Å². The highest BCUT2D eigenvalue weighted by Crippen LogP contribution is 2.24. The molecule has 1 aliphatic rings. The van der Waals surface area contributed by atoms with E-state index in [0.717, 1.165) is 5.56 Å². The highest BCUT2D eigenvalue weighted by Gasteiger charge is 2.37. The van der Waals surface area contributed by atoms with Crippen LogP contribution < -0.4 is 5.73 Å². The smallest absolute Gasteiger partial charge is 0.218 e. The van der Waals surface area contributed by atoms with Gasteiger partial charge >= 0.3 is 0 Å².